The van der Waals surface area contributed by atoms with Crippen LogP contribution in [0.5, 0.6) is 0 Å². The fourth-order valence-electron chi connectivity index (χ4n) is 3.96. The molecule has 9 heteroatoms. The van der Waals surface area contributed by atoms with Crippen LogP contribution in [-0.4, -0.2) is 11.3 Å². The minimum absolute atomic E-state index is 0.642. The van der Waals surface area contributed by atoms with Crippen molar-refractivity contribution in [3.05, 3.63) is 48.6 Å². The molecule has 183 valence electrons. The van der Waals surface area contributed by atoms with E-state index in [0.29, 0.717) is 9.70 Å². The van der Waals surface area contributed by atoms with Crippen LogP contribution in [0.1, 0.15) is 64.2 Å². The van der Waals surface area contributed by atoms with E-state index < -0.39 is 7.81 Å². The Labute approximate surface area is 190 Å². The number of hydrogen-bond acceptors (Lipinski definition) is 0. The second-order valence-corrected chi connectivity index (χ2v) is 13.9. The molecule has 4 rings (SSSR count). The molecule has 0 spiro atoms. The molecule has 0 nitrogen and oxygen atoms in total. The van der Waals surface area contributed by atoms with Crippen LogP contribution in [-0.2, 0) is 14.7 Å². The van der Waals surface area contributed by atoms with Gasteiger partial charge in [-0.1, -0.05) is 38.5 Å². The van der Waals surface area contributed by atoms with E-state index in [2.05, 4.69) is 48.6 Å². The molecular formula is C22H33CoF6P2-. The second-order valence-electron chi connectivity index (χ2n) is 8.27. The van der Waals surface area contributed by atoms with Crippen LogP contribution in [0.15, 0.2) is 48.6 Å². The van der Waals surface area contributed by atoms with Gasteiger partial charge in [-0.25, -0.2) is 0 Å². The van der Waals surface area contributed by atoms with E-state index in [1.807, 2.05) is 0 Å². The summed E-state index contributed by atoms with van der Waals surface area (Å²) in [6, 6.07) is 0. The van der Waals surface area contributed by atoms with Crippen LogP contribution in [0, 0.1) is 0 Å². The predicted octanol–water partition coefficient (Wildman–Crippen LogP) is 10.6. The fourth-order valence-corrected chi connectivity index (χ4v) is 7.50. The van der Waals surface area contributed by atoms with Crippen molar-refractivity contribution in [2.45, 2.75) is 85.2 Å². The van der Waals surface area contributed by atoms with Crippen molar-refractivity contribution in [3.8, 4) is 0 Å². The summed E-state index contributed by atoms with van der Waals surface area (Å²) in [6.45, 7) is 0. The summed E-state index contributed by atoms with van der Waals surface area (Å²) in [7, 11) is -9.33. The topological polar surface area (TPSA) is 0 Å². The molecule has 0 aliphatic heterocycles. The first-order valence-electron chi connectivity index (χ1n) is 10.9. The van der Waals surface area contributed by atoms with Gasteiger partial charge in [0.2, 0.25) is 0 Å². The van der Waals surface area contributed by atoms with Gasteiger partial charge in [0.05, 0.1) is 0 Å². The quantitative estimate of drug-likeness (QED) is 0.250. The Kier molecular flexibility index (Phi) is 9.95. The predicted molar refractivity (Wildman–Crippen MR) is 120 cm³/mol. The number of allylic oxidation sites excluding steroid dienone is 8. The SMILES string of the molecule is C1=C[CH]([Co][CH]2C=CC=C2)C=C1.C1CCC(PC2CCCCC2)CC1.F[P-](F)(F)(F)(F)F. The third-order valence-corrected chi connectivity index (χ3v) is 9.01. The molecule has 31 heavy (non-hydrogen) atoms. The Bertz CT molecular complexity index is 580. The van der Waals surface area contributed by atoms with E-state index in [9.17, 15) is 25.2 Å². The van der Waals surface area contributed by atoms with Gasteiger partial charge in [0.25, 0.3) is 0 Å². The molecule has 0 aromatic carbocycles. The van der Waals surface area contributed by atoms with Gasteiger partial charge in [-0.3, -0.25) is 0 Å². The van der Waals surface area contributed by atoms with Crippen LogP contribution >= 0.6 is 16.4 Å². The molecule has 0 aromatic rings. The van der Waals surface area contributed by atoms with Crippen molar-refractivity contribution in [2.24, 2.45) is 0 Å². The Hall–Kier alpha value is -0.0935. The molecule has 0 bridgehead atoms. The Morgan fingerprint density at radius 2 is 0.839 bits per heavy atom. The first kappa shape index (κ1) is 27.2. The molecule has 0 amide bonds. The second kappa shape index (κ2) is 11.4. The number of halogens is 6. The summed E-state index contributed by atoms with van der Waals surface area (Å²) in [4.78, 5) is 1.28. The van der Waals surface area contributed by atoms with Crippen molar-refractivity contribution in [2.75, 3.05) is 0 Å². The van der Waals surface area contributed by atoms with Crippen molar-refractivity contribution < 1.29 is 39.9 Å². The zero-order valence-electron chi connectivity index (χ0n) is 17.5. The first-order chi connectivity index (χ1) is 14.3. The van der Waals surface area contributed by atoms with Gasteiger partial charge >= 0.3 is 106 Å². The van der Waals surface area contributed by atoms with Gasteiger partial charge in [0.15, 0.2) is 0 Å². The van der Waals surface area contributed by atoms with Gasteiger partial charge in [-0.05, 0) is 37.0 Å². The van der Waals surface area contributed by atoms with E-state index >= 15 is 0 Å². The molecule has 0 N–H and O–H groups in total. The third kappa shape index (κ3) is 16.2. The summed E-state index contributed by atoms with van der Waals surface area (Å²) in [6.07, 6.45) is 32.9. The summed E-state index contributed by atoms with van der Waals surface area (Å²) in [5.41, 5.74) is 2.30. The average Bonchev–Trinajstić information content (AvgIpc) is 3.36. The summed E-state index contributed by atoms with van der Waals surface area (Å²) in [5, 5.41) is 0. The molecule has 0 heterocycles. The van der Waals surface area contributed by atoms with E-state index in [0.717, 1.165) is 11.3 Å². The molecule has 0 radical (unpaired) electrons. The number of rotatable bonds is 4. The van der Waals surface area contributed by atoms with Crippen LogP contribution in [0.25, 0.3) is 0 Å². The molecule has 4 aliphatic carbocycles. The van der Waals surface area contributed by atoms with Gasteiger partial charge < -0.3 is 0 Å². The average molecular weight is 532 g/mol. The minimum atomic E-state index is -10.7. The van der Waals surface area contributed by atoms with E-state index in [1.54, 1.807) is 25.7 Å². The standard InChI is InChI=1S/C12H23P.2C5H5.Co.F6P/c1-3-7-11(8-4-1)13-12-9-5-2-6-10-12;2*1-2-4-5-3-1;;1-7(2,3,4,5)6/h11-13H,1-10H2;2*1-5H;;/q;;;;-1. The first-order valence-corrected chi connectivity index (χ1v) is 15.3. The van der Waals surface area contributed by atoms with Gasteiger partial charge in [-0.2, -0.15) is 0 Å². The summed E-state index contributed by atoms with van der Waals surface area (Å²) < 4.78 is 59.2. The maximum atomic E-state index is 9.87. The fraction of sp³-hybridized carbons (Fsp3) is 0.636. The maximum absolute atomic E-state index is 10.7. The molecular weight excluding hydrogens is 499 g/mol. The molecule has 2 saturated carbocycles. The molecule has 4 aliphatic rings. The molecule has 0 saturated heterocycles. The normalized spacial score (nSPS) is 25.0. The van der Waals surface area contributed by atoms with Crippen molar-refractivity contribution in [3.63, 3.8) is 0 Å². The van der Waals surface area contributed by atoms with Crippen molar-refractivity contribution in [1.29, 1.82) is 0 Å². The zero-order valence-corrected chi connectivity index (χ0v) is 20.5. The van der Waals surface area contributed by atoms with Crippen LogP contribution in [0.2, 0.25) is 9.70 Å². The summed E-state index contributed by atoms with van der Waals surface area (Å²) >= 11 is 1.51. The Morgan fingerprint density at radius 3 is 1.13 bits per heavy atom. The summed E-state index contributed by atoms with van der Waals surface area (Å²) in [5.74, 6) is 0. The Morgan fingerprint density at radius 1 is 0.548 bits per heavy atom. The molecule has 2 fully saturated rings. The monoisotopic (exact) mass is 532 g/mol. The molecule has 0 atom stereocenters. The van der Waals surface area contributed by atoms with E-state index in [-0.39, 0.29) is 0 Å². The van der Waals surface area contributed by atoms with E-state index in [1.165, 1.54) is 61.8 Å². The van der Waals surface area contributed by atoms with Crippen molar-refractivity contribution >= 4 is 16.4 Å². The van der Waals surface area contributed by atoms with E-state index in [4.69, 9.17) is 0 Å². The van der Waals surface area contributed by atoms with Gasteiger partial charge in [0.1, 0.15) is 0 Å². The third-order valence-electron chi connectivity index (χ3n) is 5.31. The van der Waals surface area contributed by atoms with Crippen LogP contribution < -0.4 is 0 Å². The number of hydrogen-bond donors (Lipinski definition) is 0. The van der Waals surface area contributed by atoms with Gasteiger partial charge in [0, 0.05) is 0 Å². The van der Waals surface area contributed by atoms with Crippen LogP contribution in [0.4, 0.5) is 25.2 Å². The zero-order chi connectivity index (χ0) is 22.9. The molecule has 0 aromatic heterocycles. The van der Waals surface area contributed by atoms with Crippen molar-refractivity contribution in [1.82, 2.24) is 0 Å². The van der Waals surface area contributed by atoms with Gasteiger partial charge in [-0.15, -0.1) is 8.58 Å². The van der Waals surface area contributed by atoms with Crippen LogP contribution in [0.3, 0.4) is 0 Å². The Balaban J connectivity index is 0.000000174. The molecule has 0 unspecified atom stereocenters.